The lowest BCUT2D eigenvalue weighted by atomic mass is 9.88. The highest BCUT2D eigenvalue weighted by molar-refractivity contribution is 5.21. The number of nitrogens with zero attached hydrogens (tertiary/aromatic N) is 2. The van der Waals surface area contributed by atoms with Crippen LogP contribution in [0.15, 0.2) is 24.3 Å². The van der Waals surface area contributed by atoms with Gasteiger partial charge >= 0.3 is 0 Å². The zero-order valence-corrected chi connectivity index (χ0v) is 15.8. The maximum atomic E-state index is 12.9. The van der Waals surface area contributed by atoms with Crippen LogP contribution in [0.2, 0.25) is 0 Å². The van der Waals surface area contributed by atoms with Gasteiger partial charge in [-0.25, -0.2) is 4.39 Å². The summed E-state index contributed by atoms with van der Waals surface area (Å²) >= 11 is 0. The maximum absolute atomic E-state index is 12.9. The van der Waals surface area contributed by atoms with Gasteiger partial charge in [0.25, 0.3) is 0 Å². The van der Waals surface area contributed by atoms with Crippen molar-refractivity contribution in [3.05, 3.63) is 30.1 Å². The highest BCUT2D eigenvalue weighted by atomic mass is 19.1. The standard InChI is InChI=1S/C21H33FN2O2/c22-19-6-8-21(9-7-19)26-15-13-23-11-12-24(20(17-23)10-14-25)16-18-4-2-1-3-5-18/h6-9,18,20,25H,1-5,10-17H2/t20-/m0/s1. The molecular weight excluding hydrogens is 331 g/mol. The largest absolute Gasteiger partial charge is 0.492 e. The Bertz CT molecular complexity index is 519. The minimum absolute atomic E-state index is 0.238. The van der Waals surface area contributed by atoms with Crippen molar-refractivity contribution in [2.75, 3.05) is 45.9 Å². The molecule has 1 saturated carbocycles. The fourth-order valence-electron chi connectivity index (χ4n) is 4.35. The van der Waals surface area contributed by atoms with Crippen LogP contribution >= 0.6 is 0 Å². The predicted octanol–water partition coefficient (Wildman–Crippen LogP) is 3.15. The molecule has 1 saturated heterocycles. The van der Waals surface area contributed by atoms with E-state index in [4.69, 9.17) is 4.74 Å². The first kappa shape index (κ1) is 19.6. The van der Waals surface area contributed by atoms with Gasteiger partial charge in [-0.05, 0) is 49.4 Å². The molecule has 26 heavy (non-hydrogen) atoms. The third kappa shape index (κ3) is 5.93. The Morgan fingerprint density at radius 2 is 1.85 bits per heavy atom. The minimum atomic E-state index is -0.238. The molecule has 0 spiro atoms. The summed E-state index contributed by atoms with van der Waals surface area (Å²) in [5.74, 6) is 1.32. The molecule has 3 rings (SSSR count). The Labute approximate surface area is 156 Å². The number of piperazine rings is 1. The van der Waals surface area contributed by atoms with Crippen LogP contribution in [0.3, 0.4) is 0 Å². The normalized spacial score (nSPS) is 23.2. The Hall–Kier alpha value is -1.17. The summed E-state index contributed by atoms with van der Waals surface area (Å²) in [5, 5.41) is 9.48. The summed E-state index contributed by atoms with van der Waals surface area (Å²) in [4.78, 5) is 5.05. The Morgan fingerprint density at radius 1 is 1.08 bits per heavy atom. The number of hydrogen-bond acceptors (Lipinski definition) is 4. The molecule has 2 aliphatic rings. The van der Waals surface area contributed by atoms with Crippen molar-refractivity contribution >= 4 is 0 Å². The number of aliphatic hydroxyl groups is 1. The summed E-state index contributed by atoms with van der Waals surface area (Å²) < 4.78 is 18.7. The number of ether oxygens (including phenoxy) is 1. The summed E-state index contributed by atoms with van der Waals surface area (Å²) in [6.45, 7) is 6.08. The van der Waals surface area contributed by atoms with E-state index in [9.17, 15) is 9.50 Å². The first-order valence-corrected chi connectivity index (χ1v) is 10.2. The van der Waals surface area contributed by atoms with Gasteiger partial charge in [0.2, 0.25) is 0 Å². The van der Waals surface area contributed by atoms with Gasteiger partial charge < -0.3 is 9.84 Å². The van der Waals surface area contributed by atoms with E-state index in [1.54, 1.807) is 12.1 Å². The van der Waals surface area contributed by atoms with Gasteiger partial charge in [-0.2, -0.15) is 0 Å². The van der Waals surface area contributed by atoms with Gasteiger partial charge in [0.1, 0.15) is 18.2 Å². The average Bonchev–Trinajstić information content (AvgIpc) is 2.66. The number of benzene rings is 1. The molecular formula is C21H33FN2O2. The van der Waals surface area contributed by atoms with Gasteiger partial charge in [0, 0.05) is 45.4 Å². The van der Waals surface area contributed by atoms with Crippen LogP contribution in [-0.4, -0.2) is 66.9 Å². The fraction of sp³-hybridized carbons (Fsp3) is 0.714. The number of aliphatic hydroxyl groups excluding tert-OH is 1. The highest BCUT2D eigenvalue weighted by Gasteiger charge is 2.28. The van der Waals surface area contributed by atoms with Crippen LogP contribution in [0.4, 0.5) is 4.39 Å². The van der Waals surface area contributed by atoms with Crippen molar-refractivity contribution in [1.82, 2.24) is 9.80 Å². The summed E-state index contributed by atoms with van der Waals surface area (Å²) in [7, 11) is 0. The lowest BCUT2D eigenvalue weighted by molar-refractivity contribution is 0.0380. The summed E-state index contributed by atoms with van der Waals surface area (Å²) in [5.41, 5.74) is 0. The molecule has 1 aromatic carbocycles. The van der Waals surface area contributed by atoms with Crippen LogP contribution in [0, 0.1) is 11.7 Å². The lowest BCUT2D eigenvalue weighted by Crippen LogP contribution is -2.55. The third-order valence-electron chi connectivity index (χ3n) is 5.86. The van der Waals surface area contributed by atoms with Crippen molar-refractivity contribution in [2.24, 2.45) is 5.92 Å². The van der Waals surface area contributed by atoms with E-state index in [0.29, 0.717) is 18.4 Å². The molecule has 0 unspecified atom stereocenters. The second kappa shape index (κ2) is 10.2. The molecule has 0 radical (unpaired) electrons. The second-order valence-corrected chi connectivity index (χ2v) is 7.77. The van der Waals surface area contributed by atoms with Crippen LogP contribution in [0.1, 0.15) is 38.5 Å². The topological polar surface area (TPSA) is 35.9 Å². The number of rotatable bonds is 8. The summed E-state index contributed by atoms with van der Waals surface area (Å²) in [6.07, 6.45) is 7.77. The molecule has 4 nitrogen and oxygen atoms in total. The fourth-order valence-corrected chi connectivity index (χ4v) is 4.35. The molecule has 5 heteroatoms. The Balaban J connectivity index is 1.43. The highest BCUT2D eigenvalue weighted by Crippen LogP contribution is 2.26. The Kier molecular flexibility index (Phi) is 7.71. The van der Waals surface area contributed by atoms with Gasteiger partial charge in [-0.1, -0.05) is 19.3 Å². The lowest BCUT2D eigenvalue weighted by Gasteiger charge is -2.43. The Morgan fingerprint density at radius 3 is 2.58 bits per heavy atom. The monoisotopic (exact) mass is 364 g/mol. The number of hydrogen-bond donors (Lipinski definition) is 1. The first-order chi connectivity index (χ1) is 12.7. The molecule has 0 bridgehead atoms. The van der Waals surface area contributed by atoms with Crippen molar-refractivity contribution in [3.8, 4) is 5.75 Å². The van der Waals surface area contributed by atoms with Crippen molar-refractivity contribution in [2.45, 2.75) is 44.6 Å². The van der Waals surface area contributed by atoms with Crippen molar-refractivity contribution in [1.29, 1.82) is 0 Å². The maximum Gasteiger partial charge on any atom is 0.123 e. The summed E-state index contributed by atoms with van der Waals surface area (Å²) in [6, 6.07) is 6.65. The molecule has 1 aromatic rings. The molecule has 1 N–H and O–H groups in total. The molecule has 0 aromatic heterocycles. The van der Waals surface area contributed by atoms with Gasteiger partial charge in [0.05, 0.1) is 0 Å². The zero-order valence-electron chi connectivity index (χ0n) is 15.8. The SMILES string of the molecule is OCC[C@H]1CN(CCOc2ccc(F)cc2)CCN1CC1CCCCC1. The molecule has 1 heterocycles. The van der Waals surface area contributed by atoms with Crippen molar-refractivity contribution < 1.29 is 14.2 Å². The van der Waals surface area contributed by atoms with E-state index in [1.807, 2.05) is 0 Å². The van der Waals surface area contributed by atoms with E-state index >= 15 is 0 Å². The van der Waals surface area contributed by atoms with E-state index in [0.717, 1.165) is 38.5 Å². The minimum Gasteiger partial charge on any atom is -0.492 e. The smallest absolute Gasteiger partial charge is 0.123 e. The molecule has 146 valence electrons. The second-order valence-electron chi connectivity index (χ2n) is 7.77. The van der Waals surface area contributed by atoms with Gasteiger partial charge in [0.15, 0.2) is 0 Å². The molecule has 1 aliphatic heterocycles. The van der Waals surface area contributed by atoms with E-state index < -0.39 is 0 Å². The van der Waals surface area contributed by atoms with E-state index in [-0.39, 0.29) is 12.4 Å². The van der Waals surface area contributed by atoms with Crippen LogP contribution in [0.5, 0.6) is 5.75 Å². The van der Waals surface area contributed by atoms with Crippen LogP contribution < -0.4 is 4.74 Å². The average molecular weight is 365 g/mol. The van der Waals surface area contributed by atoms with E-state index in [2.05, 4.69) is 9.80 Å². The molecule has 1 atom stereocenters. The van der Waals surface area contributed by atoms with Gasteiger partial charge in [-0.15, -0.1) is 0 Å². The quantitative estimate of drug-likeness (QED) is 0.769. The van der Waals surface area contributed by atoms with E-state index in [1.165, 1.54) is 50.8 Å². The van der Waals surface area contributed by atoms with Crippen LogP contribution in [0.25, 0.3) is 0 Å². The predicted molar refractivity (Wildman–Crippen MR) is 102 cm³/mol. The number of halogens is 1. The zero-order chi connectivity index (χ0) is 18.2. The molecule has 2 fully saturated rings. The first-order valence-electron chi connectivity index (χ1n) is 10.2. The van der Waals surface area contributed by atoms with Crippen LogP contribution in [-0.2, 0) is 0 Å². The van der Waals surface area contributed by atoms with Gasteiger partial charge in [-0.3, -0.25) is 9.80 Å². The molecule has 1 aliphatic carbocycles. The third-order valence-corrected chi connectivity index (χ3v) is 5.86. The molecule has 0 amide bonds. The van der Waals surface area contributed by atoms with Crippen molar-refractivity contribution in [3.63, 3.8) is 0 Å².